The topological polar surface area (TPSA) is 37.3 Å². The quantitative estimate of drug-likeness (QED) is 0.486. The molecular formula is C3H3O2S. The smallest absolute Gasteiger partial charge is 0.322 e. The standard InChI is InChI=1S/C3H3O2S/c4-3(5)2-1-6-2/h1H2,(H,4,5). The number of hydrogen-bond acceptors (Lipinski definition) is 2. The van der Waals surface area contributed by atoms with E-state index in [4.69, 9.17) is 5.11 Å². The van der Waals surface area contributed by atoms with Crippen molar-refractivity contribution in [3.8, 4) is 0 Å². The summed E-state index contributed by atoms with van der Waals surface area (Å²) in [5.74, 6) is -0.0185. The summed E-state index contributed by atoms with van der Waals surface area (Å²) in [6.45, 7) is 0. The zero-order chi connectivity index (χ0) is 4.57. The molecule has 6 heavy (non-hydrogen) atoms. The Labute approximate surface area is 39.5 Å². The molecule has 1 heterocycles. The van der Waals surface area contributed by atoms with Crippen LogP contribution in [-0.4, -0.2) is 16.8 Å². The Kier molecular flexibility index (Phi) is 0.765. The molecule has 1 N–H and O–H groups in total. The lowest BCUT2D eigenvalue weighted by Gasteiger charge is -1.72. The van der Waals surface area contributed by atoms with Gasteiger partial charge in [-0.25, -0.2) is 0 Å². The van der Waals surface area contributed by atoms with E-state index in [1.54, 1.807) is 0 Å². The fourth-order valence-electron chi connectivity index (χ4n) is 0.160. The Morgan fingerprint density at radius 1 is 2.00 bits per heavy atom. The Bertz CT molecular complexity index is 76.9. The van der Waals surface area contributed by atoms with E-state index in [9.17, 15) is 4.79 Å². The Morgan fingerprint density at radius 3 is 2.50 bits per heavy atom. The van der Waals surface area contributed by atoms with Crippen LogP contribution < -0.4 is 0 Å². The summed E-state index contributed by atoms with van der Waals surface area (Å²) >= 11 is 1.39. The molecule has 0 aromatic heterocycles. The van der Waals surface area contributed by atoms with Crippen LogP contribution in [0.2, 0.25) is 0 Å². The lowest BCUT2D eigenvalue weighted by Crippen LogP contribution is -1.92. The van der Waals surface area contributed by atoms with E-state index in [2.05, 4.69) is 0 Å². The van der Waals surface area contributed by atoms with Gasteiger partial charge in [-0.15, -0.1) is 11.8 Å². The molecule has 0 aromatic rings. The van der Waals surface area contributed by atoms with Gasteiger partial charge < -0.3 is 5.11 Å². The van der Waals surface area contributed by atoms with Gasteiger partial charge in [0.25, 0.3) is 0 Å². The highest BCUT2D eigenvalue weighted by atomic mass is 32.2. The summed E-state index contributed by atoms with van der Waals surface area (Å²) in [5.41, 5.74) is 0. The second kappa shape index (κ2) is 1.15. The van der Waals surface area contributed by atoms with Gasteiger partial charge in [-0.2, -0.15) is 0 Å². The molecule has 1 radical (unpaired) electrons. The number of carboxylic acid groups (broad SMARTS) is 1. The number of aliphatic carboxylic acids is 1. The molecule has 1 rings (SSSR count). The molecule has 0 amide bonds. The van der Waals surface area contributed by atoms with Crippen LogP contribution in [0.15, 0.2) is 0 Å². The fraction of sp³-hybridized carbons (Fsp3) is 0.333. The Hall–Kier alpha value is -0.180. The van der Waals surface area contributed by atoms with Gasteiger partial charge in [0.05, 0.1) is 0 Å². The maximum Gasteiger partial charge on any atom is 0.322 e. The Balaban J connectivity index is 2.31. The van der Waals surface area contributed by atoms with E-state index >= 15 is 0 Å². The van der Waals surface area contributed by atoms with Gasteiger partial charge in [0, 0.05) is 5.75 Å². The van der Waals surface area contributed by atoms with Crippen LogP contribution in [0.25, 0.3) is 0 Å². The first-order valence-electron chi connectivity index (χ1n) is 1.52. The summed E-state index contributed by atoms with van der Waals surface area (Å²) in [4.78, 5) is 9.70. The van der Waals surface area contributed by atoms with Crippen LogP contribution in [0.4, 0.5) is 0 Å². The van der Waals surface area contributed by atoms with E-state index in [0.717, 1.165) is 5.75 Å². The second-order valence-electron chi connectivity index (χ2n) is 1.02. The average Bonchev–Trinajstić information content (AvgIpc) is 2.06. The van der Waals surface area contributed by atoms with Gasteiger partial charge in [-0.05, 0) is 0 Å². The largest absolute Gasteiger partial charge is 0.480 e. The molecule has 1 saturated heterocycles. The molecule has 33 valence electrons. The minimum absolute atomic E-state index is 0.593. The van der Waals surface area contributed by atoms with E-state index in [-0.39, 0.29) is 0 Å². The van der Waals surface area contributed by atoms with Crippen molar-refractivity contribution in [3.05, 3.63) is 5.25 Å². The normalized spacial score (nSPS) is 20.7. The average molecular weight is 103 g/mol. The molecule has 1 fully saturated rings. The molecule has 1 aliphatic heterocycles. The van der Waals surface area contributed by atoms with E-state index < -0.39 is 5.97 Å². The first-order chi connectivity index (χ1) is 2.80. The second-order valence-corrected chi connectivity index (χ2v) is 2.09. The molecule has 0 aliphatic carbocycles. The van der Waals surface area contributed by atoms with Gasteiger partial charge in [0.1, 0.15) is 5.25 Å². The maximum absolute atomic E-state index is 9.70. The number of thioether (sulfide) groups is 1. The highest BCUT2D eigenvalue weighted by molar-refractivity contribution is 8.10. The summed E-state index contributed by atoms with van der Waals surface area (Å²) in [6.07, 6.45) is 0. The lowest BCUT2D eigenvalue weighted by atomic mass is 10.5. The van der Waals surface area contributed by atoms with E-state index in [1.165, 1.54) is 11.8 Å². The number of hydrogen-bond donors (Lipinski definition) is 1. The van der Waals surface area contributed by atoms with Crippen LogP contribution in [0.3, 0.4) is 0 Å². The van der Waals surface area contributed by atoms with E-state index in [1.807, 2.05) is 0 Å². The van der Waals surface area contributed by atoms with Crippen LogP contribution in [0, 0.1) is 5.25 Å². The van der Waals surface area contributed by atoms with Crippen LogP contribution >= 0.6 is 11.8 Å². The molecular weight excluding hydrogens is 100 g/mol. The molecule has 2 nitrogen and oxygen atoms in total. The summed E-state index contributed by atoms with van der Waals surface area (Å²) in [7, 11) is 0. The van der Waals surface area contributed by atoms with Crippen molar-refractivity contribution >= 4 is 17.7 Å². The van der Waals surface area contributed by atoms with E-state index in [0.29, 0.717) is 5.25 Å². The third-order valence-corrected chi connectivity index (χ3v) is 1.28. The number of carboxylic acids is 1. The van der Waals surface area contributed by atoms with Gasteiger partial charge in [0.15, 0.2) is 0 Å². The van der Waals surface area contributed by atoms with Crippen molar-refractivity contribution in [1.82, 2.24) is 0 Å². The molecule has 0 atom stereocenters. The predicted octanol–water partition coefficient (Wildman–Crippen LogP) is 0.350. The molecule has 0 unspecified atom stereocenters. The highest BCUT2D eigenvalue weighted by Gasteiger charge is 2.31. The minimum atomic E-state index is -0.750. The van der Waals surface area contributed by atoms with Crippen LogP contribution in [-0.2, 0) is 4.79 Å². The predicted molar refractivity (Wildman–Crippen MR) is 23.3 cm³/mol. The van der Waals surface area contributed by atoms with Gasteiger partial charge in [-0.3, -0.25) is 4.79 Å². The van der Waals surface area contributed by atoms with Crippen molar-refractivity contribution in [2.24, 2.45) is 0 Å². The molecule has 0 bridgehead atoms. The number of rotatable bonds is 1. The zero-order valence-corrected chi connectivity index (χ0v) is 3.79. The fourth-order valence-corrected chi connectivity index (χ4v) is 0.479. The van der Waals surface area contributed by atoms with Crippen molar-refractivity contribution < 1.29 is 9.90 Å². The molecule has 3 heteroatoms. The van der Waals surface area contributed by atoms with Crippen LogP contribution in [0.1, 0.15) is 0 Å². The third-order valence-electron chi connectivity index (χ3n) is 0.527. The summed E-state index contributed by atoms with van der Waals surface area (Å²) < 4.78 is 0. The molecule has 0 saturated carbocycles. The first-order valence-corrected chi connectivity index (χ1v) is 2.51. The van der Waals surface area contributed by atoms with Gasteiger partial charge in [-0.1, -0.05) is 0 Å². The number of carbonyl (C=O) groups is 1. The Morgan fingerprint density at radius 2 is 2.50 bits per heavy atom. The highest BCUT2D eigenvalue weighted by Crippen LogP contribution is 2.38. The zero-order valence-electron chi connectivity index (χ0n) is 2.97. The maximum atomic E-state index is 9.70. The molecule has 1 aliphatic rings. The molecule has 0 spiro atoms. The van der Waals surface area contributed by atoms with Crippen molar-refractivity contribution in [3.63, 3.8) is 0 Å². The van der Waals surface area contributed by atoms with Gasteiger partial charge >= 0.3 is 5.97 Å². The van der Waals surface area contributed by atoms with Crippen molar-refractivity contribution in [2.75, 3.05) is 5.75 Å². The van der Waals surface area contributed by atoms with Gasteiger partial charge in [0.2, 0.25) is 0 Å². The molecule has 0 aromatic carbocycles. The first kappa shape index (κ1) is 3.99. The third kappa shape index (κ3) is 0.653. The minimum Gasteiger partial charge on any atom is -0.480 e. The lowest BCUT2D eigenvalue weighted by molar-refractivity contribution is -0.133. The summed E-state index contributed by atoms with van der Waals surface area (Å²) in [6, 6.07) is 0. The summed E-state index contributed by atoms with van der Waals surface area (Å²) in [5, 5.41) is 8.59. The SMILES string of the molecule is O=C(O)[C]1CS1. The van der Waals surface area contributed by atoms with Crippen molar-refractivity contribution in [1.29, 1.82) is 0 Å². The monoisotopic (exact) mass is 103 g/mol. The van der Waals surface area contributed by atoms with Crippen LogP contribution in [0.5, 0.6) is 0 Å². The van der Waals surface area contributed by atoms with Crippen molar-refractivity contribution in [2.45, 2.75) is 0 Å².